The van der Waals surface area contributed by atoms with Gasteiger partial charge < -0.3 is 15.7 Å². The molecule has 1 amide bonds. The molecule has 2 atom stereocenters. The van der Waals surface area contributed by atoms with Gasteiger partial charge in [0.1, 0.15) is 0 Å². The number of hydrogen-bond acceptors (Lipinski definition) is 4. The van der Waals surface area contributed by atoms with E-state index in [1.165, 1.54) is 0 Å². The Morgan fingerprint density at radius 1 is 1.33 bits per heavy atom. The van der Waals surface area contributed by atoms with Crippen molar-refractivity contribution >= 4 is 29.7 Å². The number of aliphatic hydroxyl groups is 1. The minimum atomic E-state index is -0.493. The summed E-state index contributed by atoms with van der Waals surface area (Å²) in [5.74, 6) is 0.0504. The third-order valence-corrected chi connectivity index (χ3v) is 5.42. The van der Waals surface area contributed by atoms with Gasteiger partial charge in [-0.25, -0.2) is 0 Å². The number of amides is 1. The summed E-state index contributed by atoms with van der Waals surface area (Å²) in [6.45, 7) is 1.24. The number of nitrogens with two attached hydrogens (primary N) is 1. The molecule has 0 spiro atoms. The lowest BCUT2D eigenvalue weighted by atomic mass is 10.0. The highest BCUT2D eigenvalue weighted by Crippen LogP contribution is 2.30. The van der Waals surface area contributed by atoms with Gasteiger partial charge in [-0.3, -0.25) is 4.79 Å². The van der Waals surface area contributed by atoms with Crippen LogP contribution in [0.5, 0.6) is 0 Å². The monoisotopic (exact) mass is 366 g/mol. The molecule has 0 bridgehead atoms. The summed E-state index contributed by atoms with van der Waals surface area (Å²) in [7, 11) is 0. The molecule has 1 saturated heterocycles. The number of rotatable bonds is 5. The summed E-state index contributed by atoms with van der Waals surface area (Å²) >= 11 is 1.56. The van der Waals surface area contributed by atoms with Crippen LogP contribution in [0.3, 0.4) is 0 Å². The average molecular weight is 367 g/mol. The van der Waals surface area contributed by atoms with Crippen molar-refractivity contribution in [2.24, 2.45) is 5.73 Å². The number of likely N-dealkylation sites (tertiary alicyclic amines) is 1. The molecule has 2 heterocycles. The molecule has 2 unspecified atom stereocenters. The van der Waals surface area contributed by atoms with Gasteiger partial charge in [0.25, 0.3) is 5.91 Å². The van der Waals surface area contributed by atoms with E-state index in [9.17, 15) is 9.90 Å². The molecule has 1 aromatic carbocycles. The molecule has 3 N–H and O–H groups in total. The van der Waals surface area contributed by atoms with E-state index in [-0.39, 0.29) is 24.4 Å². The molecule has 3 rings (SSSR count). The van der Waals surface area contributed by atoms with Crippen molar-refractivity contribution < 1.29 is 9.90 Å². The second-order valence-electron chi connectivity index (χ2n) is 5.96. The van der Waals surface area contributed by atoms with Crippen molar-refractivity contribution in [3.63, 3.8) is 0 Å². The molecule has 1 aromatic heterocycles. The van der Waals surface area contributed by atoms with Crippen LogP contribution in [-0.4, -0.2) is 28.5 Å². The minimum Gasteiger partial charge on any atom is -0.387 e. The Morgan fingerprint density at radius 2 is 2.08 bits per heavy atom. The zero-order chi connectivity index (χ0) is 16.2. The van der Waals surface area contributed by atoms with E-state index in [4.69, 9.17) is 5.73 Å². The van der Waals surface area contributed by atoms with Gasteiger partial charge in [-0.1, -0.05) is 18.2 Å². The number of nitrogens with zero attached hydrogens (tertiary/aromatic N) is 1. The average Bonchev–Trinajstić information content (AvgIpc) is 3.26. The van der Waals surface area contributed by atoms with E-state index < -0.39 is 6.10 Å². The molecule has 130 valence electrons. The fourth-order valence-corrected chi connectivity index (χ4v) is 3.88. The maximum absolute atomic E-state index is 12.7. The van der Waals surface area contributed by atoms with E-state index >= 15 is 0 Å². The van der Waals surface area contributed by atoms with Crippen molar-refractivity contribution in [2.45, 2.75) is 38.0 Å². The van der Waals surface area contributed by atoms with Crippen LogP contribution in [-0.2, 0) is 6.54 Å². The van der Waals surface area contributed by atoms with Gasteiger partial charge in [-0.15, -0.1) is 23.7 Å². The van der Waals surface area contributed by atoms with Crippen molar-refractivity contribution in [2.75, 3.05) is 6.54 Å². The second-order valence-corrected chi connectivity index (χ2v) is 6.94. The van der Waals surface area contributed by atoms with E-state index in [1.807, 2.05) is 46.7 Å². The maximum atomic E-state index is 12.7. The van der Waals surface area contributed by atoms with Crippen LogP contribution >= 0.6 is 23.7 Å². The van der Waals surface area contributed by atoms with Crippen LogP contribution in [0.1, 0.15) is 46.2 Å². The van der Waals surface area contributed by atoms with E-state index in [1.54, 1.807) is 11.3 Å². The summed E-state index contributed by atoms with van der Waals surface area (Å²) in [5.41, 5.74) is 7.31. The number of carbonyl (C=O) groups is 1. The predicted molar refractivity (Wildman–Crippen MR) is 99.5 cm³/mol. The topological polar surface area (TPSA) is 66.6 Å². The summed E-state index contributed by atoms with van der Waals surface area (Å²) in [5, 5.41) is 12.3. The molecule has 0 saturated carbocycles. The van der Waals surface area contributed by atoms with Gasteiger partial charge in [0.15, 0.2) is 0 Å². The lowest BCUT2D eigenvalue weighted by Crippen LogP contribution is -2.36. The van der Waals surface area contributed by atoms with Gasteiger partial charge in [-0.2, -0.15) is 0 Å². The first-order valence-electron chi connectivity index (χ1n) is 8.00. The first-order valence-corrected chi connectivity index (χ1v) is 8.88. The highest BCUT2D eigenvalue weighted by atomic mass is 35.5. The highest BCUT2D eigenvalue weighted by molar-refractivity contribution is 7.10. The fraction of sp³-hybridized carbons (Fsp3) is 0.389. The lowest BCUT2D eigenvalue weighted by Gasteiger charge is -2.26. The van der Waals surface area contributed by atoms with Crippen molar-refractivity contribution in [3.05, 3.63) is 57.8 Å². The van der Waals surface area contributed by atoms with E-state index in [0.29, 0.717) is 18.5 Å². The summed E-state index contributed by atoms with van der Waals surface area (Å²) in [6.07, 6.45) is 2.06. The van der Waals surface area contributed by atoms with Crippen molar-refractivity contribution in [1.82, 2.24) is 4.90 Å². The van der Waals surface area contributed by atoms with Gasteiger partial charge in [-0.05, 0) is 48.4 Å². The standard InChI is InChI=1S/C18H22N2O2S.ClH/c19-12-13-5-7-14(8-6-13)18(22)20-9-1-3-15(20)11-16(21)17-4-2-10-23-17;/h2,4-8,10,15-16,21H,1,3,9,11-12,19H2;1H. The normalized spacial score (nSPS) is 18.2. The lowest BCUT2D eigenvalue weighted by molar-refractivity contribution is 0.0670. The summed E-state index contributed by atoms with van der Waals surface area (Å²) in [6, 6.07) is 11.5. The number of thiophene rings is 1. The maximum Gasteiger partial charge on any atom is 0.254 e. The Balaban J connectivity index is 0.00000208. The van der Waals surface area contributed by atoms with Gasteiger partial charge >= 0.3 is 0 Å². The van der Waals surface area contributed by atoms with Crippen LogP contribution in [0.15, 0.2) is 41.8 Å². The Morgan fingerprint density at radius 3 is 2.71 bits per heavy atom. The summed E-state index contributed by atoms with van der Waals surface area (Å²) < 4.78 is 0. The first kappa shape index (κ1) is 18.9. The van der Waals surface area contributed by atoms with Crippen LogP contribution in [0.2, 0.25) is 0 Å². The summed E-state index contributed by atoms with van der Waals surface area (Å²) in [4.78, 5) is 15.6. The van der Waals surface area contributed by atoms with Crippen LogP contribution < -0.4 is 5.73 Å². The number of benzene rings is 1. The third kappa shape index (κ3) is 4.16. The molecule has 6 heteroatoms. The van der Waals surface area contributed by atoms with E-state index in [2.05, 4.69) is 0 Å². The molecule has 1 fully saturated rings. The quantitative estimate of drug-likeness (QED) is 0.852. The Kier molecular flexibility index (Phi) is 6.80. The smallest absolute Gasteiger partial charge is 0.254 e. The van der Waals surface area contributed by atoms with Gasteiger partial charge in [0, 0.05) is 29.6 Å². The SMILES string of the molecule is Cl.NCc1ccc(C(=O)N2CCCC2CC(O)c2cccs2)cc1. The Labute approximate surface area is 152 Å². The molecule has 1 aliphatic heterocycles. The molecular weight excluding hydrogens is 344 g/mol. The molecule has 24 heavy (non-hydrogen) atoms. The number of carbonyl (C=O) groups excluding carboxylic acids is 1. The van der Waals surface area contributed by atoms with Gasteiger partial charge in [0.2, 0.25) is 0 Å². The van der Waals surface area contributed by atoms with Crippen molar-refractivity contribution in [1.29, 1.82) is 0 Å². The third-order valence-electron chi connectivity index (χ3n) is 4.44. The highest BCUT2D eigenvalue weighted by Gasteiger charge is 2.31. The van der Waals surface area contributed by atoms with E-state index in [0.717, 1.165) is 29.8 Å². The minimum absolute atomic E-state index is 0. The molecule has 0 aliphatic carbocycles. The zero-order valence-corrected chi connectivity index (χ0v) is 15.1. The number of halogens is 1. The molecule has 2 aromatic rings. The van der Waals surface area contributed by atoms with Crippen LogP contribution in [0.25, 0.3) is 0 Å². The van der Waals surface area contributed by atoms with Crippen LogP contribution in [0.4, 0.5) is 0 Å². The Hall–Kier alpha value is -1.40. The number of hydrogen-bond donors (Lipinski definition) is 2. The molecular formula is C18H23ClN2O2S. The molecule has 4 nitrogen and oxygen atoms in total. The second kappa shape index (κ2) is 8.62. The zero-order valence-electron chi connectivity index (χ0n) is 13.4. The number of aliphatic hydroxyl groups excluding tert-OH is 1. The molecule has 0 radical (unpaired) electrons. The first-order chi connectivity index (χ1) is 11.2. The van der Waals surface area contributed by atoms with Gasteiger partial charge in [0.05, 0.1) is 6.10 Å². The van der Waals surface area contributed by atoms with Crippen LogP contribution in [0, 0.1) is 0 Å². The largest absolute Gasteiger partial charge is 0.387 e. The van der Waals surface area contributed by atoms with Crippen molar-refractivity contribution in [3.8, 4) is 0 Å². The predicted octanol–water partition coefficient (Wildman–Crippen LogP) is 3.36. The molecule has 1 aliphatic rings. The fourth-order valence-electron chi connectivity index (χ4n) is 3.15. The Bertz CT molecular complexity index is 646.